The number of nitrogens with zero attached hydrogens (tertiary/aromatic N) is 14. The van der Waals surface area contributed by atoms with Crippen molar-refractivity contribution in [3.63, 3.8) is 0 Å². The summed E-state index contributed by atoms with van der Waals surface area (Å²) in [4.78, 5) is 73.2. The lowest BCUT2D eigenvalue weighted by atomic mass is 9.45. The summed E-state index contributed by atoms with van der Waals surface area (Å²) in [6, 6.07) is 27.7. The van der Waals surface area contributed by atoms with Crippen molar-refractivity contribution in [1.29, 1.82) is 0 Å². The van der Waals surface area contributed by atoms with Crippen molar-refractivity contribution in [3.05, 3.63) is 219 Å². The topological polar surface area (TPSA) is 354 Å². The highest BCUT2D eigenvalue weighted by Gasteiger charge is 2.73. The van der Waals surface area contributed by atoms with Crippen molar-refractivity contribution >= 4 is 88.1 Å². The second-order valence-corrected chi connectivity index (χ2v) is 44.5. The Morgan fingerprint density at radius 2 is 0.948 bits per heavy atom. The summed E-state index contributed by atoms with van der Waals surface area (Å²) in [5.41, 5.74) is 7.90. The first kappa shape index (κ1) is 91.1. The number of hydrogen-bond donors (Lipinski definition) is 5. The van der Waals surface area contributed by atoms with Gasteiger partial charge in [0.15, 0.2) is 39.3 Å². The second kappa shape index (κ2) is 33.8. The van der Waals surface area contributed by atoms with Crippen LogP contribution in [0, 0.1) is 117 Å². The van der Waals surface area contributed by atoms with Crippen molar-refractivity contribution in [2.24, 2.45) is 92.8 Å². The number of carbonyl (C=O) groups is 4. The summed E-state index contributed by atoms with van der Waals surface area (Å²) < 4.78 is 65.6. The minimum absolute atomic E-state index is 0.0273. The molecule has 0 aliphatic heterocycles. The normalized spacial score (nSPS) is 33.5. The van der Waals surface area contributed by atoms with E-state index in [1.807, 2.05) is 73.3 Å². The molecule has 3 aromatic carbocycles. The first-order valence-electron chi connectivity index (χ1n) is 47.2. The number of halogens is 3. The van der Waals surface area contributed by atoms with Gasteiger partial charge in [-0.2, -0.15) is 20.3 Å². The van der Waals surface area contributed by atoms with Crippen LogP contribution >= 0.6 is 35.3 Å². The Hall–Kier alpha value is -10.3. The molecule has 23 rings (SSSR count). The van der Waals surface area contributed by atoms with Gasteiger partial charge in [-0.3, -0.25) is 14.4 Å². The third-order valence-corrected chi connectivity index (χ3v) is 37.6. The Kier molecular flexibility index (Phi) is 22.8. The number of ketones is 3. The molecule has 0 bridgehead atoms. The van der Waals surface area contributed by atoms with E-state index in [0.29, 0.717) is 78.1 Å². The van der Waals surface area contributed by atoms with E-state index in [9.17, 15) is 57.9 Å². The number of fused-ring (bicyclic) bond motifs is 19. The molecule has 135 heavy (non-hydrogen) atoms. The molecule has 21 atom stereocenters. The number of thioether (sulfide) groups is 3. The maximum atomic E-state index is 14.6. The number of aryl methyl sites for hydroxylation is 3. The molecule has 8 heterocycles. The molecule has 12 aliphatic rings. The van der Waals surface area contributed by atoms with Gasteiger partial charge in [0, 0.05) is 40.9 Å². The van der Waals surface area contributed by atoms with Gasteiger partial charge in [0.1, 0.15) is 28.7 Å². The molecule has 32 heteroatoms. The number of aliphatic hydroxyl groups is 5. The number of rotatable bonds is 17. The number of esters is 1. The summed E-state index contributed by atoms with van der Waals surface area (Å²) in [5, 5.41) is 87.0. The van der Waals surface area contributed by atoms with Gasteiger partial charge in [0.2, 0.25) is 10.9 Å². The van der Waals surface area contributed by atoms with Crippen molar-refractivity contribution in [1.82, 2.24) is 69.5 Å². The number of benzene rings is 3. The summed E-state index contributed by atoms with van der Waals surface area (Å²) in [6.07, 6.45) is 25.4. The third-order valence-electron chi connectivity index (χ3n) is 35.0. The van der Waals surface area contributed by atoms with Gasteiger partial charge in [-0.15, -0.1) is 5.10 Å². The number of furan rings is 1. The smallest absolute Gasteiger partial charge is 0.375 e. The van der Waals surface area contributed by atoms with Crippen LogP contribution in [0.25, 0.3) is 46.5 Å². The van der Waals surface area contributed by atoms with Crippen LogP contribution in [-0.4, -0.2) is 171 Å². The van der Waals surface area contributed by atoms with Crippen LogP contribution in [0.5, 0.6) is 0 Å². The van der Waals surface area contributed by atoms with Crippen LogP contribution < -0.4 is 0 Å². The standard InChI is InChI=1S/C39H37FN4O6S.C34H39FN4O3S.C30H35FN6O3S/c1-37-18-22-20-42-44(25-10-8-24(40)9-11-25)28(22)17-23(37)7-12-26-27-13-14-39(38(27,2)19-29(45)33(26)37,50-35(47)31-6-4-16-48-31)32(46)21-51-36-43-34-30(49-36)5-3-15-41-34;1-19-13-20(2)38-31(37-19)43-18-29(41)34(42)12-11-26-25-10-5-22-14-27-21(17-36-39(27)24-8-6-23(35)7-9-24)15-32(22,3)30(25)28(40)16-33(26,34)4;1-28-13-17-15-32-37(20-7-5-19(31)6-8-20)23(17)12-18(28)4-9-21-22-10-11-30(40,29(22,2)14-24(38)26(21)28)25(39)16-41-27-33-34-35-36(27)3/h3-6,8-11,15-17,20,26-27,29,33,45H,7,12-14,18-19,21H2,1-2H3;6-9,13-14,17,25-26,28,30,40,42H,5,10-12,15-16,18H2,1-4H3;5-8,12,15,21-22,24,26,38,40H,4,9-11,13-14,16H2,1-3H3/t26?,27?,29-,33?,37?,38?,39-;25?,26?,28-,30?,32?,33?,34-;21?,22?,24-,26?,28?,29?,30-/m000/s1. The van der Waals surface area contributed by atoms with Crippen LogP contribution in [0.3, 0.4) is 0 Å². The number of allylic oxidation sites excluding steroid dienone is 3. The number of aromatic nitrogens is 14. The molecule has 9 saturated carbocycles. The minimum atomic E-state index is -1.49. The molecule has 0 radical (unpaired) electrons. The number of pyridine rings is 1. The van der Waals surface area contributed by atoms with E-state index in [4.69, 9.17) is 13.6 Å². The van der Waals surface area contributed by atoms with E-state index < -0.39 is 57.3 Å². The van der Waals surface area contributed by atoms with Gasteiger partial charge in [0.05, 0.1) is 94.6 Å². The van der Waals surface area contributed by atoms with E-state index in [1.54, 1.807) is 67.8 Å². The van der Waals surface area contributed by atoms with E-state index in [0.717, 1.165) is 138 Å². The Morgan fingerprint density at radius 3 is 1.38 bits per heavy atom. The number of carbonyl (C=O) groups excluding carboxylic acids is 4. The third kappa shape index (κ3) is 14.7. The maximum absolute atomic E-state index is 14.6. The zero-order chi connectivity index (χ0) is 94.2. The van der Waals surface area contributed by atoms with E-state index in [2.05, 4.69) is 89.8 Å². The van der Waals surface area contributed by atoms with Crippen molar-refractivity contribution < 1.29 is 71.5 Å². The molecule has 15 unspecified atom stereocenters. The Balaban J connectivity index is 0.000000122. The van der Waals surface area contributed by atoms with Gasteiger partial charge in [-0.1, -0.05) is 93.5 Å². The predicted octanol–water partition coefficient (Wildman–Crippen LogP) is 16.7. The second-order valence-electron chi connectivity index (χ2n) is 41.7. The lowest BCUT2D eigenvalue weighted by Gasteiger charge is -2.60. The highest BCUT2D eigenvalue weighted by molar-refractivity contribution is 8.00. The first-order chi connectivity index (χ1) is 64.6. The number of aliphatic hydroxyl groups excluding tert-OH is 3. The highest BCUT2D eigenvalue weighted by Crippen LogP contribution is 2.73. The fourth-order valence-corrected chi connectivity index (χ4v) is 31.3. The summed E-state index contributed by atoms with van der Waals surface area (Å²) in [7, 11) is 1.72. The molecule has 9 fully saturated rings. The minimum Gasteiger partial charge on any atom is -0.457 e. The molecule has 12 aliphatic carbocycles. The molecule has 0 amide bonds. The van der Waals surface area contributed by atoms with Crippen LogP contribution in [-0.2, 0) is 45.4 Å². The van der Waals surface area contributed by atoms with E-state index >= 15 is 0 Å². The molecular weight excluding hydrogens is 1780 g/mol. The van der Waals surface area contributed by atoms with Crippen LogP contribution in [0.15, 0.2) is 175 Å². The summed E-state index contributed by atoms with van der Waals surface area (Å²) >= 11 is 3.68. The lowest BCUT2D eigenvalue weighted by Crippen LogP contribution is -2.63. The number of tetrazole rings is 1. The number of oxazole rings is 1. The summed E-state index contributed by atoms with van der Waals surface area (Å²) in [5.74, 6) is -1.15. The van der Waals surface area contributed by atoms with Gasteiger partial charge < -0.3 is 39.1 Å². The van der Waals surface area contributed by atoms with Gasteiger partial charge in [0.25, 0.3) is 5.22 Å². The fourth-order valence-electron chi connectivity index (χ4n) is 28.8. The molecule has 704 valence electrons. The van der Waals surface area contributed by atoms with Crippen LogP contribution in [0.2, 0.25) is 0 Å². The van der Waals surface area contributed by atoms with Gasteiger partial charge in [-0.05, 0) is 347 Å². The van der Waals surface area contributed by atoms with Crippen molar-refractivity contribution in [2.45, 2.75) is 222 Å². The fraction of sp³-hybridized carbons (Fsp3) is 0.495. The Morgan fingerprint density at radius 1 is 0.519 bits per heavy atom. The van der Waals surface area contributed by atoms with Crippen LogP contribution in [0.1, 0.15) is 194 Å². The molecule has 11 aromatic rings. The molecule has 5 N–H and O–H groups in total. The zero-order valence-corrected chi connectivity index (χ0v) is 79.4. The average molecular weight is 1890 g/mol. The number of Topliss-reactive ketones (excluding diaryl/α,β-unsaturated/α-hetero) is 3. The van der Waals surface area contributed by atoms with Crippen molar-refractivity contribution in [3.8, 4) is 17.1 Å². The van der Waals surface area contributed by atoms with Crippen LogP contribution in [0.4, 0.5) is 13.2 Å². The van der Waals surface area contributed by atoms with Crippen molar-refractivity contribution in [2.75, 3.05) is 17.3 Å². The first-order valence-corrected chi connectivity index (χ1v) is 50.2. The maximum Gasteiger partial charge on any atom is 0.375 e. The van der Waals surface area contributed by atoms with Gasteiger partial charge >= 0.3 is 5.97 Å². The Bertz CT molecular complexity index is 6560. The molecule has 0 saturated heterocycles. The number of hydrogen-bond acceptors (Lipinski definition) is 25. The number of ether oxygens (including phenoxy) is 1. The molecule has 0 spiro atoms. The largest absolute Gasteiger partial charge is 0.457 e. The monoisotopic (exact) mass is 1890 g/mol. The molecule has 8 aromatic heterocycles. The predicted molar refractivity (Wildman–Crippen MR) is 499 cm³/mol. The summed E-state index contributed by atoms with van der Waals surface area (Å²) in [6.45, 7) is 16.7. The van der Waals surface area contributed by atoms with E-state index in [-0.39, 0.29) is 127 Å². The molecular formula is C103H111F3N14O12S3. The quantitative estimate of drug-likeness (QED) is 0.0321. The van der Waals surface area contributed by atoms with E-state index in [1.165, 1.54) is 93.7 Å². The SMILES string of the molecule is CC12Cc3cnn(-c4ccc(F)cc4)c3C=C1CCC1C2[C@@H](O)CC2(C)C1CC[C@]2(OC(=O)c1ccco1)C(=O)CSc1nc2ncccc2o1.Cc1cc(C)nc(SCC(=O)[C@@]2(O)CCC3C4CCC5=Cc6c(cnn6-c6ccc(F)cc6)CC5(C)C4[C@@H](O)CC32C)n1.Cn1nnnc1SCC(=O)[C@@]1(O)CCC2C3CCC4=Cc5c(cnn5-c5ccc(F)cc5)CC4(C)C3[C@@H](O)CC21C. The highest BCUT2D eigenvalue weighted by atomic mass is 32.2. The van der Waals surface area contributed by atoms with Gasteiger partial charge in [-0.25, -0.2) is 51.6 Å². The molecule has 26 nitrogen and oxygen atoms in total. The lowest BCUT2D eigenvalue weighted by molar-refractivity contribution is -0.179. The Labute approximate surface area is 792 Å². The zero-order valence-electron chi connectivity index (χ0n) is 76.9. The average Bonchev–Trinajstić information content (AvgIpc) is 1.55.